The molecule has 2 aliphatic rings. The highest BCUT2D eigenvalue weighted by molar-refractivity contribution is 5.53. The molecule has 0 saturated carbocycles. The summed E-state index contributed by atoms with van der Waals surface area (Å²) >= 11 is 0. The maximum Gasteiger partial charge on any atom is 0.227 e. The predicted molar refractivity (Wildman–Crippen MR) is 114 cm³/mol. The first-order valence-corrected chi connectivity index (χ1v) is 10.1. The Hall–Kier alpha value is -3.03. The lowest BCUT2D eigenvalue weighted by atomic mass is 10.2. The zero-order chi connectivity index (χ0) is 20.2. The number of methoxy groups -OCH3 is 1. The first kappa shape index (κ1) is 19.3. The first-order valence-electron chi connectivity index (χ1n) is 10.1. The SMILES string of the molecule is COc1ccc(N2CCN(c3nc(C)cc(N4CCN(C=O)CC4)n3)CC2)cc1. The Bertz CT molecular complexity index is 828. The Morgan fingerprint density at radius 2 is 1.48 bits per heavy atom. The van der Waals surface area contributed by atoms with E-state index in [-0.39, 0.29) is 0 Å². The Morgan fingerprint density at radius 1 is 0.862 bits per heavy atom. The maximum absolute atomic E-state index is 10.9. The van der Waals surface area contributed by atoms with Crippen molar-refractivity contribution in [2.45, 2.75) is 6.92 Å². The smallest absolute Gasteiger partial charge is 0.227 e. The van der Waals surface area contributed by atoms with Crippen LogP contribution in [0.2, 0.25) is 0 Å². The average Bonchev–Trinajstić information content (AvgIpc) is 2.79. The van der Waals surface area contributed by atoms with Crippen molar-refractivity contribution in [2.75, 3.05) is 74.2 Å². The molecule has 0 aliphatic carbocycles. The number of piperazine rings is 2. The third-order valence-corrected chi connectivity index (χ3v) is 5.62. The molecule has 0 atom stereocenters. The van der Waals surface area contributed by atoms with Gasteiger partial charge in [-0.15, -0.1) is 0 Å². The van der Waals surface area contributed by atoms with E-state index in [1.165, 1.54) is 5.69 Å². The minimum Gasteiger partial charge on any atom is -0.497 e. The Kier molecular flexibility index (Phi) is 5.69. The molecule has 0 unspecified atom stereocenters. The highest BCUT2D eigenvalue weighted by Gasteiger charge is 2.22. The number of carbonyl (C=O) groups excluding carboxylic acids is 1. The van der Waals surface area contributed by atoms with Crippen molar-refractivity contribution in [3.05, 3.63) is 36.0 Å². The summed E-state index contributed by atoms with van der Waals surface area (Å²) in [7, 11) is 1.69. The number of rotatable bonds is 5. The lowest BCUT2D eigenvalue weighted by Crippen LogP contribution is -2.48. The quantitative estimate of drug-likeness (QED) is 0.708. The molecule has 1 aromatic carbocycles. The molecule has 0 bridgehead atoms. The van der Waals surface area contributed by atoms with Gasteiger partial charge in [-0.05, 0) is 31.2 Å². The van der Waals surface area contributed by atoms with Gasteiger partial charge < -0.3 is 24.3 Å². The first-order chi connectivity index (χ1) is 14.2. The molecular formula is C21H28N6O2. The number of ether oxygens (including phenoxy) is 1. The van der Waals surface area contributed by atoms with Crippen LogP contribution in [0.5, 0.6) is 5.75 Å². The van der Waals surface area contributed by atoms with Crippen molar-refractivity contribution in [3.8, 4) is 5.75 Å². The summed E-state index contributed by atoms with van der Waals surface area (Å²) in [6.07, 6.45) is 0.927. The van der Waals surface area contributed by atoms with E-state index in [1.54, 1.807) is 7.11 Å². The van der Waals surface area contributed by atoms with Crippen LogP contribution in [-0.4, -0.2) is 80.7 Å². The van der Waals surface area contributed by atoms with Crippen LogP contribution in [0.4, 0.5) is 17.5 Å². The molecule has 8 heteroatoms. The molecule has 3 heterocycles. The van der Waals surface area contributed by atoms with E-state index < -0.39 is 0 Å². The standard InChI is InChI=1S/C21H28N6O2/c1-17-15-20(26-9-7-24(16-28)8-10-26)23-21(22-17)27-13-11-25(12-14-27)18-3-5-19(29-2)6-4-18/h3-6,15-16H,7-14H2,1-2H3. The van der Waals surface area contributed by atoms with Crippen molar-refractivity contribution >= 4 is 23.9 Å². The summed E-state index contributed by atoms with van der Waals surface area (Å²) in [5.74, 6) is 2.63. The fraction of sp³-hybridized carbons (Fsp3) is 0.476. The highest BCUT2D eigenvalue weighted by Crippen LogP contribution is 2.23. The Morgan fingerprint density at radius 3 is 2.10 bits per heavy atom. The number of aromatic nitrogens is 2. The molecule has 0 radical (unpaired) electrons. The van der Waals surface area contributed by atoms with Gasteiger partial charge in [0.25, 0.3) is 0 Å². The van der Waals surface area contributed by atoms with Crippen molar-refractivity contribution in [1.29, 1.82) is 0 Å². The van der Waals surface area contributed by atoms with Crippen LogP contribution in [-0.2, 0) is 4.79 Å². The second kappa shape index (κ2) is 8.55. The predicted octanol–water partition coefficient (Wildman–Crippen LogP) is 1.40. The Labute approximate surface area is 171 Å². The second-order valence-corrected chi connectivity index (χ2v) is 7.47. The number of amides is 1. The van der Waals surface area contributed by atoms with E-state index in [1.807, 2.05) is 30.0 Å². The van der Waals surface area contributed by atoms with Crippen molar-refractivity contribution in [1.82, 2.24) is 14.9 Å². The number of nitrogens with zero attached hydrogens (tertiary/aromatic N) is 6. The van der Waals surface area contributed by atoms with Gasteiger partial charge in [0.15, 0.2) is 0 Å². The van der Waals surface area contributed by atoms with E-state index in [0.717, 1.165) is 82.0 Å². The van der Waals surface area contributed by atoms with Gasteiger partial charge in [0.05, 0.1) is 7.11 Å². The third-order valence-electron chi connectivity index (χ3n) is 5.62. The lowest BCUT2D eigenvalue weighted by molar-refractivity contribution is -0.118. The van der Waals surface area contributed by atoms with Crippen molar-refractivity contribution < 1.29 is 9.53 Å². The fourth-order valence-electron chi connectivity index (χ4n) is 3.85. The molecule has 2 aromatic rings. The molecule has 29 heavy (non-hydrogen) atoms. The largest absolute Gasteiger partial charge is 0.497 e. The number of carbonyl (C=O) groups is 1. The van der Waals surface area contributed by atoms with Gasteiger partial charge in [0.1, 0.15) is 11.6 Å². The van der Waals surface area contributed by atoms with Crippen LogP contribution in [0.3, 0.4) is 0 Å². The highest BCUT2D eigenvalue weighted by atomic mass is 16.5. The van der Waals surface area contributed by atoms with Crippen molar-refractivity contribution in [3.63, 3.8) is 0 Å². The van der Waals surface area contributed by atoms with E-state index in [9.17, 15) is 4.79 Å². The zero-order valence-corrected chi connectivity index (χ0v) is 17.1. The molecule has 2 fully saturated rings. The number of benzene rings is 1. The van der Waals surface area contributed by atoms with Crippen LogP contribution in [0.15, 0.2) is 30.3 Å². The van der Waals surface area contributed by atoms with E-state index in [0.29, 0.717) is 0 Å². The number of anilines is 3. The summed E-state index contributed by atoms with van der Waals surface area (Å²) in [6.45, 7) is 8.73. The summed E-state index contributed by atoms with van der Waals surface area (Å²) in [4.78, 5) is 29.2. The topological polar surface area (TPSA) is 65.0 Å². The summed E-state index contributed by atoms with van der Waals surface area (Å²) in [5, 5.41) is 0. The molecule has 0 N–H and O–H groups in total. The molecule has 0 spiro atoms. The van der Waals surface area contributed by atoms with Crippen LogP contribution < -0.4 is 19.4 Å². The van der Waals surface area contributed by atoms with Crippen molar-refractivity contribution in [2.24, 2.45) is 0 Å². The normalized spacial score (nSPS) is 17.4. The van der Waals surface area contributed by atoms with Crippen LogP contribution in [0, 0.1) is 6.92 Å². The summed E-state index contributed by atoms with van der Waals surface area (Å²) in [5.41, 5.74) is 2.18. The maximum atomic E-state index is 10.9. The molecule has 154 valence electrons. The molecule has 4 rings (SSSR count). The van der Waals surface area contributed by atoms with Gasteiger partial charge >= 0.3 is 0 Å². The molecule has 8 nitrogen and oxygen atoms in total. The molecular weight excluding hydrogens is 368 g/mol. The Balaban J connectivity index is 1.41. The van der Waals surface area contributed by atoms with Crippen LogP contribution in [0.1, 0.15) is 5.69 Å². The fourth-order valence-corrected chi connectivity index (χ4v) is 3.85. The van der Waals surface area contributed by atoms with E-state index >= 15 is 0 Å². The van der Waals surface area contributed by atoms with E-state index in [4.69, 9.17) is 14.7 Å². The number of hydrogen-bond acceptors (Lipinski definition) is 7. The molecule has 2 saturated heterocycles. The minimum absolute atomic E-state index is 0.739. The van der Waals surface area contributed by atoms with Gasteiger partial charge in [0.2, 0.25) is 12.4 Å². The minimum atomic E-state index is 0.739. The van der Waals surface area contributed by atoms with Crippen LogP contribution >= 0.6 is 0 Å². The van der Waals surface area contributed by atoms with Crippen LogP contribution in [0.25, 0.3) is 0 Å². The molecule has 1 aromatic heterocycles. The molecule has 1 amide bonds. The number of hydrogen-bond donors (Lipinski definition) is 0. The van der Waals surface area contributed by atoms with Gasteiger partial charge in [-0.25, -0.2) is 4.98 Å². The monoisotopic (exact) mass is 396 g/mol. The van der Waals surface area contributed by atoms with Gasteiger partial charge in [0, 0.05) is 69.8 Å². The zero-order valence-electron chi connectivity index (χ0n) is 17.1. The van der Waals surface area contributed by atoms with Gasteiger partial charge in [-0.1, -0.05) is 0 Å². The summed E-state index contributed by atoms with van der Waals surface area (Å²) in [6, 6.07) is 10.3. The molecule has 2 aliphatic heterocycles. The van der Waals surface area contributed by atoms with E-state index in [2.05, 4.69) is 26.8 Å². The second-order valence-electron chi connectivity index (χ2n) is 7.47. The van der Waals surface area contributed by atoms with Gasteiger partial charge in [-0.3, -0.25) is 4.79 Å². The lowest BCUT2D eigenvalue weighted by Gasteiger charge is -2.37. The third kappa shape index (κ3) is 4.36. The number of aryl methyl sites for hydroxylation is 1. The summed E-state index contributed by atoms with van der Waals surface area (Å²) < 4.78 is 5.25. The average molecular weight is 396 g/mol. The van der Waals surface area contributed by atoms with Gasteiger partial charge in [-0.2, -0.15) is 4.98 Å².